The number of nitrogens with zero attached hydrogens (tertiary/aromatic N) is 3. The third-order valence-electron chi connectivity index (χ3n) is 4.94. The Morgan fingerprint density at radius 2 is 1.78 bits per heavy atom. The summed E-state index contributed by atoms with van der Waals surface area (Å²) >= 11 is 0. The van der Waals surface area contributed by atoms with E-state index in [4.69, 9.17) is 4.74 Å². The Labute approximate surface area is 162 Å². The van der Waals surface area contributed by atoms with Crippen molar-refractivity contribution in [2.75, 3.05) is 32.8 Å². The van der Waals surface area contributed by atoms with Gasteiger partial charge >= 0.3 is 0 Å². The highest BCUT2D eigenvalue weighted by Gasteiger charge is 2.21. The molecule has 0 radical (unpaired) electrons. The van der Waals surface area contributed by atoms with Gasteiger partial charge in [0.25, 0.3) is 5.91 Å². The molecule has 2 aromatic rings. The fourth-order valence-electron chi connectivity index (χ4n) is 3.19. The average molecular weight is 367 g/mol. The summed E-state index contributed by atoms with van der Waals surface area (Å²) in [6.45, 7) is 10.8. The van der Waals surface area contributed by atoms with Crippen LogP contribution < -0.4 is 4.74 Å². The minimum atomic E-state index is 0.0518. The zero-order valence-corrected chi connectivity index (χ0v) is 16.5. The molecule has 2 heterocycles. The molecule has 3 rings (SSSR count). The predicted octanol–water partition coefficient (Wildman–Crippen LogP) is 3.10. The van der Waals surface area contributed by atoms with E-state index in [9.17, 15) is 4.79 Å². The van der Waals surface area contributed by atoms with Crippen LogP contribution in [-0.4, -0.2) is 53.5 Å². The minimum Gasteiger partial charge on any atom is -0.484 e. The van der Waals surface area contributed by atoms with Gasteiger partial charge in [0.15, 0.2) is 6.61 Å². The first kappa shape index (κ1) is 19.4. The number of ether oxygens (including phenoxy) is 1. The van der Waals surface area contributed by atoms with E-state index < -0.39 is 0 Å². The zero-order valence-electron chi connectivity index (χ0n) is 16.5. The van der Waals surface area contributed by atoms with Crippen LogP contribution in [0.15, 0.2) is 48.8 Å². The van der Waals surface area contributed by atoms with Gasteiger partial charge in [-0.25, -0.2) is 0 Å². The highest BCUT2D eigenvalue weighted by atomic mass is 16.5. The van der Waals surface area contributed by atoms with Gasteiger partial charge in [-0.15, -0.1) is 0 Å². The van der Waals surface area contributed by atoms with Gasteiger partial charge in [0.2, 0.25) is 0 Å². The highest BCUT2D eigenvalue weighted by molar-refractivity contribution is 5.77. The Hall–Kier alpha value is -2.40. The Kier molecular flexibility index (Phi) is 6.11. The van der Waals surface area contributed by atoms with Crippen molar-refractivity contribution in [3.8, 4) is 5.75 Å². The fraction of sp³-hybridized carbons (Fsp3) is 0.455. The molecule has 0 bridgehead atoms. The van der Waals surface area contributed by atoms with E-state index in [0.29, 0.717) is 0 Å². The van der Waals surface area contributed by atoms with E-state index >= 15 is 0 Å². The van der Waals surface area contributed by atoms with Crippen LogP contribution >= 0.6 is 0 Å². The number of hydrogen-bond acceptors (Lipinski definition) is 4. The van der Waals surface area contributed by atoms with Crippen molar-refractivity contribution in [1.29, 1.82) is 0 Å². The topological polar surface area (TPSA) is 45.7 Å². The summed E-state index contributed by atoms with van der Waals surface area (Å²) in [4.78, 5) is 20.8. The van der Waals surface area contributed by atoms with Crippen LogP contribution in [0.25, 0.3) is 0 Å². The number of hydrogen-bond donors (Lipinski definition) is 0. The maximum absolute atomic E-state index is 12.4. The van der Waals surface area contributed by atoms with Crippen molar-refractivity contribution in [3.63, 3.8) is 0 Å². The molecule has 0 saturated carbocycles. The highest BCUT2D eigenvalue weighted by Crippen LogP contribution is 2.24. The number of carbonyl (C=O) groups excluding carboxylic acids is 1. The molecule has 1 amide bonds. The van der Waals surface area contributed by atoms with Crippen molar-refractivity contribution in [2.24, 2.45) is 0 Å². The van der Waals surface area contributed by atoms with E-state index in [1.54, 1.807) is 6.20 Å². The number of aromatic nitrogens is 1. The Morgan fingerprint density at radius 1 is 1.07 bits per heavy atom. The van der Waals surface area contributed by atoms with Crippen molar-refractivity contribution in [2.45, 2.75) is 32.7 Å². The lowest BCUT2D eigenvalue weighted by atomic mass is 9.87. The van der Waals surface area contributed by atoms with Gasteiger partial charge in [-0.2, -0.15) is 0 Å². The molecular formula is C22H29N3O2. The maximum atomic E-state index is 12.4. The number of rotatable bonds is 5. The first-order chi connectivity index (χ1) is 12.9. The van der Waals surface area contributed by atoms with Gasteiger partial charge in [0, 0.05) is 45.1 Å². The second kappa shape index (κ2) is 8.53. The molecule has 0 N–H and O–H groups in total. The second-order valence-corrected chi connectivity index (χ2v) is 8.08. The van der Waals surface area contributed by atoms with Crippen molar-refractivity contribution in [3.05, 3.63) is 59.9 Å². The Bertz CT molecular complexity index is 730. The fourth-order valence-corrected chi connectivity index (χ4v) is 3.19. The van der Waals surface area contributed by atoms with Crippen LogP contribution in [0.4, 0.5) is 0 Å². The molecule has 1 saturated heterocycles. The lowest BCUT2D eigenvalue weighted by molar-refractivity contribution is -0.135. The monoisotopic (exact) mass is 367 g/mol. The third kappa shape index (κ3) is 5.54. The largest absolute Gasteiger partial charge is 0.484 e. The molecule has 0 aliphatic carbocycles. The van der Waals surface area contributed by atoms with E-state index in [0.717, 1.165) is 38.5 Å². The van der Waals surface area contributed by atoms with E-state index in [1.165, 1.54) is 11.1 Å². The van der Waals surface area contributed by atoms with Gasteiger partial charge in [0.05, 0.1) is 0 Å². The van der Waals surface area contributed by atoms with Crippen LogP contribution in [0.2, 0.25) is 0 Å². The lowest BCUT2D eigenvalue weighted by Gasteiger charge is -2.34. The summed E-state index contributed by atoms with van der Waals surface area (Å²) in [6.07, 6.45) is 3.69. The molecule has 1 aromatic heterocycles. The van der Waals surface area contributed by atoms with Gasteiger partial charge in [-0.1, -0.05) is 39.0 Å². The summed E-state index contributed by atoms with van der Waals surface area (Å²) < 4.78 is 5.70. The smallest absolute Gasteiger partial charge is 0.260 e. The normalized spacial score (nSPS) is 15.6. The molecule has 5 nitrogen and oxygen atoms in total. The van der Waals surface area contributed by atoms with Crippen LogP contribution in [0, 0.1) is 0 Å². The minimum absolute atomic E-state index is 0.0518. The van der Waals surface area contributed by atoms with Gasteiger partial charge in [-0.3, -0.25) is 14.7 Å². The average Bonchev–Trinajstić information content (AvgIpc) is 2.67. The van der Waals surface area contributed by atoms with Crippen molar-refractivity contribution in [1.82, 2.24) is 14.8 Å². The summed E-state index contributed by atoms with van der Waals surface area (Å²) in [5, 5.41) is 0. The Morgan fingerprint density at radius 3 is 2.37 bits per heavy atom. The number of amides is 1. The second-order valence-electron chi connectivity index (χ2n) is 8.08. The summed E-state index contributed by atoms with van der Waals surface area (Å²) in [7, 11) is 0. The molecule has 0 spiro atoms. The first-order valence-corrected chi connectivity index (χ1v) is 9.54. The van der Waals surface area contributed by atoms with Crippen LogP contribution in [0.1, 0.15) is 31.9 Å². The zero-order chi connectivity index (χ0) is 19.3. The van der Waals surface area contributed by atoms with E-state index in [2.05, 4.69) is 48.9 Å². The first-order valence-electron chi connectivity index (χ1n) is 9.54. The molecular weight excluding hydrogens is 338 g/mol. The molecule has 27 heavy (non-hydrogen) atoms. The predicted molar refractivity (Wildman–Crippen MR) is 107 cm³/mol. The summed E-state index contributed by atoms with van der Waals surface area (Å²) in [5.41, 5.74) is 2.58. The summed E-state index contributed by atoms with van der Waals surface area (Å²) in [6, 6.07) is 12.1. The van der Waals surface area contributed by atoms with Crippen molar-refractivity contribution >= 4 is 5.91 Å². The SMILES string of the molecule is CC(C)(C)c1ccc(OCC(=O)N2CCN(Cc3cccnc3)CC2)cc1. The number of pyridine rings is 1. The molecule has 1 aliphatic rings. The molecule has 1 aliphatic heterocycles. The molecule has 1 fully saturated rings. The van der Waals surface area contributed by atoms with Crippen LogP contribution in [-0.2, 0) is 16.8 Å². The molecule has 0 atom stereocenters. The van der Waals surface area contributed by atoms with E-state index in [1.807, 2.05) is 29.3 Å². The van der Waals surface area contributed by atoms with Crippen LogP contribution in [0.5, 0.6) is 5.75 Å². The van der Waals surface area contributed by atoms with E-state index in [-0.39, 0.29) is 17.9 Å². The molecule has 5 heteroatoms. The molecule has 0 unspecified atom stereocenters. The quantitative estimate of drug-likeness (QED) is 0.815. The third-order valence-corrected chi connectivity index (χ3v) is 4.94. The van der Waals surface area contributed by atoms with Crippen LogP contribution in [0.3, 0.4) is 0 Å². The molecule has 1 aromatic carbocycles. The van der Waals surface area contributed by atoms with Gasteiger partial charge in [-0.05, 0) is 34.7 Å². The standard InChI is InChI=1S/C22H29N3O2/c1-22(2,3)19-6-8-20(9-7-19)27-17-21(26)25-13-11-24(12-14-25)16-18-5-4-10-23-15-18/h4-10,15H,11-14,16-17H2,1-3H3. The molecule has 144 valence electrons. The lowest BCUT2D eigenvalue weighted by Crippen LogP contribution is -2.49. The Balaban J connectivity index is 1.43. The van der Waals surface area contributed by atoms with Gasteiger partial charge < -0.3 is 9.64 Å². The maximum Gasteiger partial charge on any atom is 0.260 e. The summed E-state index contributed by atoms with van der Waals surface area (Å²) in [5.74, 6) is 0.794. The number of carbonyl (C=O) groups is 1. The number of benzene rings is 1. The van der Waals surface area contributed by atoms with Gasteiger partial charge in [0.1, 0.15) is 5.75 Å². The number of piperazine rings is 1. The van der Waals surface area contributed by atoms with Crippen molar-refractivity contribution < 1.29 is 9.53 Å².